The zero-order chi connectivity index (χ0) is 14.6. The molecule has 0 unspecified atom stereocenters. The molecule has 1 aliphatic rings. The Morgan fingerprint density at radius 1 is 1.24 bits per heavy atom. The molecule has 1 saturated heterocycles. The maximum atomic E-state index is 12.6. The summed E-state index contributed by atoms with van der Waals surface area (Å²) in [6.07, 6.45) is 0.883. The number of nitrogens with zero attached hydrogens (tertiary/aromatic N) is 1. The summed E-state index contributed by atoms with van der Waals surface area (Å²) in [6.45, 7) is 4.49. The molecule has 1 N–H and O–H groups in total. The first-order valence-electron chi connectivity index (χ1n) is 6.88. The van der Waals surface area contributed by atoms with Gasteiger partial charge in [-0.05, 0) is 25.1 Å². The van der Waals surface area contributed by atoms with Crippen molar-refractivity contribution in [2.24, 2.45) is 0 Å². The van der Waals surface area contributed by atoms with Crippen LogP contribution >= 0.6 is 12.4 Å². The number of hydrogen-bond donors (Lipinski definition) is 1. The molecule has 0 spiro atoms. The lowest BCUT2D eigenvalue weighted by Gasteiger charge is -2.21. The van der Waals surface area contributed by atoms with Crippen molar-refractivity contribution in [3.63, 3.8) is 0 Å². The molecule has 0 radical (unpaired) electrons. The van der Waals surface area contributed by atoms with Gasteiger partial charge in [0.25, 0.3) is 5.91 Å². The van der Waals surface area contributed by atoms with Crippen LogP contribution in [0.5, 0.6) is 0 Å². The summed E-state index contributed by atoms with van der Waals surface area (Å²) in [5, 5.41) is 3.23. The topological polar surface area (TPSA) is 66.5 Å². The normalized spacial score (nSPS) is 16.0. The molecule has 1 fully saturated rings. The minimum Gasteiger partial charge on any atom is -0.337 e. The van der Waals surface area contributed by atoms with Gasteiger partial charge in [-0.1, -0.05) is 19.1 Å². The Hall–Kier alpha value is -1.11. The molecule has 0 aliphatic carbocycles. The molecule has 5 nitrogen and oxygen atoms in total. The predicted octanol–water partition coefficient (Wildman–Crippen LogP) is 1.34. The lowest BCUT2D eigenvalue weighted by molar-refractivity contribution is 0.0762. The molecule has 118 valence electrons. The van der Waals surface area contributed by atoms with E-state index in [1.54, 1.807) is 30.0 Å². The highest BCUT2D eigenvalue weighted by Gasteiger charge is 2.24. The number of hydrogen-bond acceptors (Lipinski definition) is 4. The highest BCUT2D eigenvalue weighted by atomic mass is 35.5. The lowest BCUT2D eigenvalue weighted by Crippen LogP contribution is -2.35. The van der Waals surface area contributed by atoms with Crippen LogP contribution in [-0.4, -0.2) is 51.2 Å². The molecule has 1 aliphatic heterocycles. The SMILES string of the molecule is CCS(=O)(=O)c1ccccc1C(=O)N1CCCNCC1.Cl. The Bertz CT molecular complexity index is 582. The number of benzene rings is 1. The Morgan fingerprint density at radius 2 is 1.95 bits per heavy atom. The quantitative estimate of drug-likeness (QED) is 0.907. The molecule has 1 aromatic rings. The molecule has 7 heteroatoms. The van der Waals surface area contributed by atoms with E-state index in [-0.39, 0.29) is 34.5 Å². The van der Waals surface area contributed by atoms with E-state index >= 15 is 0 Å². The van der Waals surface area contributed by atoms with Gasteiger partial charge in [-0.15, -0.1) is 12.4 Å². The molecule has 21 heavy (non-hydrogen) atoms. The summed E-state index contributed by atoms with van der Waals surface area (Å²) in [5.74, 6) is -0.194. The predicted molar refractivity (Wildman–Crippen MR) is 84.8 cm³/mol. The van der Waals surface area contributed by atoms with Crippen molar-refractivity contribution in [1.82, 2.24) is 10.2 Å². The van der Waals surface area contributed by atoms with E-state index in [0.717, 1.165) is 19.5 Å². The third kappa shape index (κ3) is 4.18. The molecule has 1 aromatic carbocycles. The van der Waals surface area contributed by atoms with Gasteiger partial charge in [0.1, 0.15) is 0 Å². The van der Waals surface area contributed by atoms with Crippen LogP contribution in [-0.2, 0) is 9.84 Å². The van der Waals surface area contributed by atoms with Gasteiger partial charge in [-0.2, -0.15) is 0 Å². The third-order valence-electron chi connectivity index (χ3n) is 3.46. The number of carbonyl (C=O) groups excluding carboxylic acids is 1. The van der Waals surface area contributed by atoms with Crippen molar-refractivity contribution in [1.29, 1.82) is 0 Å². The highest BCUT2D eigenvalue weighted by molar-refractivity contribution is 7.91. The van der Waals surface area contributed by atoms with Crippen LogP contribution in [0.3, 0.4) is 0 Å². The fraction of sp³-hybridized carbons (Fsp3) is 0.500. The second kappa shape index (κ2) is 7.77. The van der Waals surface area contributed by atoms with Crippen molar-refractivity contribution < 1.29 is 13.2 Å². The standard InChI is InChI=1S/C14H20N2O3S.ClH/c1-2-20(18,19)13-7-4-3-6-12(13)14(17)16-10-5-8-15-9-11-16;/h3-4,6-7,15H,2,5,8-11H2,1H3;1H. The average molecular weight is 333 g/mol. The van der Waals surface area contributed by atoms with Gasteiger partial charge < -0.3 is 10.2 Å². The summed E-state index contributed by atoms with van der Waals surface area (Å²) in [7, 11) is -3.38. The van der Waals surface area contributed by atoms with Crippen LogP contribution in [0.2, 0.25) is 0 Å². The molecule has 0 bridgehead atoms. The summed E-state index contributed by atoms with van der Waals surface area (Å²) in [4.78, 5) is 14.4. The van der Waals surface area contributed by atoms with E-state index in [1.807, 2.05) is 0 Å². The lowest BCUT2D eigenvalue weighted by atomic mass is 10.2. The van der Waals surface area contributed by atoms with Crippen molar-refractivity contribution >= 4 is 28.2 Å². The molecule has 0 atom stereocenters. The Kier molecular flexibility index (Phi) is 6.64. The van der Waals surface area contributed by atoms with E-state index in [1.165, 1.54) is 6.07 Å². The summed E-state index contributed by atoms with van der Waals surface area (Å²) >= 11 is 0. The molecule has 1 heterocycles. The van der Waals surface area contributed by atoms with Crippen molar-refractivity contribution in [2.45, 2.75) is 18.2 Å². The van der Waals surface area contributed by atoms with Crippen LogP contribution in [0.25, 0.3) is 0 Å². The fourth-order valence-electron chi connectivity index (χ4n) is 2.29. The van der Waals surface area contributed by atoms with Gasteiger partial charge in [-0.25, -0.2) is 8.42 Å². The minimum atomic E-state index is -3.38. The molecule has 0 aromatic heterocycles. The van der Waals surface area contributed by atoms with Crippen LogP contribution in [0.1, 0.15) is 23.7 Å². The molecular formula is C14H21ClN2O3S. The maximum Gasteiger partial charge on any atom is 0.255 e. The number of nitrogens with one attached hydrogen (secondary N) is 1. The maximum absolute atomic E-state index is 12.6. The van der Waals surface area contributed by atoms with Gasteiger partial charge in [0, 0.05) is 19.6 Å². The van der Waals surface area contributed by atoms with Gasteiger partial charge >= 0.3 is 0 Å². The highest BCUT2D eigenvalue weighted by Crippen LogP contribution is 2.19. The molecular weight excluding hydrogens is 312 g/mol. The number of rotatable bonds is 3. The van der Waals surface area contributed by atoms with Crippen LogP contribution in [0.4, 0.5) is 0 Å². The third-order valence-corrected chi connectivity index (χ3v) is 5.25. The number of carbonyl (C=O) groups is 1. The van der Waals surface area contributed by atoms with E-state index in [2.05, 4.69) is 5.32 Å². The first-order chi connectivity index (χ1) is 9.56. The van der Waals surface area contributed by atoms with Gasteiger partial charge in [0.2, 0.25) is 0 Å². The Labute approximate surface area is 132 Å². The minimum absolute atomic E-state index is 0. The van der Waals surface area contributed by atoms with E-state index in [0.29, 0.717) is 13.1 Å². The number of sulfone groups is 1. The molecule has 0 saturated carbocycles. The number of halogens is 1. The summed E-state index contributed by atoms with van der Waals surface area (Å²) < 4.78 is 24.2. The Balaban J connectivity index is 0.00000220. The first kappa shape index (κ1) is 17.9. The van der Waals surface area contributed by atoms with Crippen molar-refractivity contribution in [3.8, 4) is 0 Å². The monoisotopic (exact) mass is 332 g/mol. The van der Waals surface area contributed by atoms with E-state index < -0.39 is 9.84 Å². The Morgan fingerprint density at radius 3 is 2.67 bits per heavy atom. The van der Waals surface area contributed by atoms with Crippen LogP contribution in [0, 0.1) is 0 Å². The zero-order valence-corrected chi connectivity index (χ0v) is 13.7. The zero-order valence-electron chi connectivity index (χ0n) is 12.0. The number of amides is 1. The average Bonchev–Trinajstić information content (AvgIpc) is 2.75. The van der Waals surface area contributed by atoms with Gasteiger partial charge in [0.15, 0.2) is 9.84 Å². The summed E-state index contributed by atoms with van der Waals surface area (Å²) in [5.41, 5.74) is 0.288. The smallest absolute Gasteiger partial charge is 0.255 e. The van der Waals surface area contributed by atoms with Crippen LogP contribution < -0.4 is 5.32 Å². The largest absolute Gasteiger partial charge is 0.337 e. The van der Waals surface area contributed by atoms with E-state index in [9.17, 15) is 13.2 Å². The first-order valence-corrected chi connectivity index (χ1v) is 8.53. The second-order valence-electron chi connectivity index (χ2n) is 4.80. The van der Waals surface area contributed by atoms with Gasteiger partial charge in [-0.3, -0.25) is 4.79 Å². The molecule has 2 rings (SSSR count). The van der Waals surface area contributed by atoms with Crippen molar-refractivity contribution in [3.05, 3.63) is 29.8 Å². The second-order valence-corrected chi connectivity index (χ2v) is 7.04. The van der Waals surface area contributed by atoms with Crippen molar-refractivity contribution in [2.75, 3.05) is 31.9 Å². The molecule has 1 amide bonds. The fourth-order valence-corrected chi connectivity index (χ4v) is 3.38. The van der Waals surface area contributed by atoms with Gasteiger partial charge in [0.05, 0.1) is 16.2 Å². The summed E-state index contributed by atoms with van der Waals surface area (Å²) in [6, 6.07) is 6.48. The van der Waals surface area contributed by atoms with Crippen LogP contribution in [0.15, 0.2) is 29.2 Å². The van der Waals surface area contributed by atoms with E-state index in [4.69, 9.17) is 0 Å².